The molecule has 10 nitrogen and oxygen atoms in total. The number of anilines is 2. The molecular formula is C38H27F5N8O2. The first kappa shape index (κ1) is 34.9. The van der Waals surface area contributed by atoms with E-state index in [2.05, 4.69) is 40.5 Å². The maximum absolute atomic E-state index is 14.4. The van der Waals surface area contributed by atoms with Gasteiger partial charge in [0, 0.05) is 52.5 Å². The summed E-state index contributed by atoms with van der Waals surface area (Å²) >= 11 is 0. The topological polar surface area (TPSA) is 136 Å². The van der Waals surface area contributed by atoms with Crippen LogP contribution in [0.2, 0.25) is 0 Å². The molecule has 15 heteroatoms. The number of rotatable bonds is 8. The highest BCUT2D eigenvalue weighted by molar-refractivity contribution is 5.94. The number of pyridine rings is 2. The molecule has 2 aliphatic rings. The summed E-state index contributed by atoms with van der Waals surface area (Å²) in [5.41, 5.74) is 0.728. The Morgan fingerprint density at radius 2 is 1.00 bits per heavy atom. The Balaban J connectivity index is 0.000000164. The first-order valence-corrected chi connectivity index (χ1v) is 16.4. The minimum atomic E-state index is -0.870. The second kappa shape index (κ2) is 15.0. The van der Waals surface area contributed by atoms with Crippen LogP contribution < -0.4 is 10.6 Å². The van der Waals surface area contributed by atoms with Crippen molar-refractivity contribution in [3.8, 4) is 45.0 Å². The Kier molecular flexibility index (Phi) is 9.88. The number of carbonyl (C=O) groups excluding carboxylic acids is 2. The van der Waals surface area contributed by atoms with Crippen molar-refractivity contribution in [2.24, 2.45) is 11.8 Å². The van der Waals surface area contributed by atoms with E-state index in [1.807, 2.05) is 0 Å². The van der Waals surface area contributed by atoms with Crippen molar-refractivity contribution in [2.75, 3.05) is 10.6 Å². The lowest BCUT2D eigenvalue weighted by Crippen LogP contribution is -2.15. The summed E-state index contributed by atoms with van der Waals surface area (Å²) in [4.78, 5) is 48.4. The van der Waals surface area contributed by atoms with Gasteiger partial charge in [0.25, 0.3) is 0 Å². The predicted octanol–water partition coefficient (Wildman–Crippen LogP) is 7.80. The quantitative estimate of drug-likeness (QED) is 0.152. The predicted molar refractivity (Wildman–Crippen MR) is 184 cm³/mol. The molecule has 2 amide bonds. The first-order chi connectivity index (χ1) is 25.7. The molecule has 2 saturated carbocycles. The van der Waals surface area contributed by atoms with E-state index in [1.54, 1.807) is 12.1 Å². The minimum Gasteiger partial charge on any atom is -0.309 e. The van der Waals surface area contributed by atoms with Crippen LogP contribution in [-0.2, 0) is 9.59 Å². The third-order valence-corrected chi connectivity index (χ3v) is 8.31. The molecule has 2 fully saturated rings. The molecule has 0 aliphatic heterocycles. The van der Waals surface area contributed by atoms with Crippen molar-refractivity contribution in [3.05, 3.63) is 121 Å². The fourth-order valence-electron chi connectivity index (χ4n) is 5.29. The molecule has 0 radical (unpaired) electrons. The number of amides is 2. The van der Waals surface area contributed by atoms with Gasteiger partial charge in [-0.15, -0.1) is 0 Å². The zero-order chi connectivity index (χ0) is 37.1. The van der Waals surface area contributed by atoms with Gasteiger partial charge in [0.2, 0.25) is 11.8 Å². The fraction of sp³-hybridized carbons (Fsp3) is 0.158. The van der Waals surface area contributed by atoms with Gasteiger partial charge < -0.3 is 10.6 Å². The normalized spacial score (nSPS) is 13.5. The van der Waals surface area contributed by atoms with Gasteiger partial charge in [-0.25, -0.2) is 41.9 Å². The second-order valence-corrected chi connectivity index (χ2v) is 12.2. The summed E-state index contributed by atoms with van der Waals surface area (Å²) in [5.74, 6) is -3.46. The number of benzene rings is 2. The number of hydrogen-bond donors (Lipinski definition) is 2. The number of aromatic nitrogens is 6. The molecule has 0 bridgehead atoms. The molecule has 2 aromatic carbocycles. The zero-order valence-corrected chi connectivity index (χ0v) is 27.5. The summed E-state index contributed by atoms with van der Waals surface area (Å²) in [6, 6.07) is 11.8. The maximum Gasteiger partial charge on any atom is 0.228 e. The third kappa shape index (κ3) is 8.03. The molecule has 4 aromatic heterocycles. The van der Waals surface area contributed by atoms with Gasteiger partial charge in [-0.3, -0.25) is 19.6 Å². The van der Waals surface area contributed by atoms with Crippen LogP contribution in [0.25, 0.3) is 45.0 Å². The SMILES string of the molecule is O=C(Nc1cnc(-c2ccncc2F)c(-c2ccc(F)cc2F)n1)C1CC1.O=C(Nc1cnc(-c2ccncc2F)c(-c2ccccc2F)n1)C1CC1. The van der Waals surface area contributed by atoms with E-state index in [9.17, 15) is 31.5 Å². The van der Waals surface area contributed by atoms with E-state index in [0.29, 0.717) is 6.07 Å². The molecule has 8 rings (SSSR count). The average molecular weight is 723 g/mol. The number of nitrogens with zero attached hydrogens (tertiary/aromatic N) is 6. The van der Waals surface area contributed by atoms with Crippen LogP contribution in [0, 0.1) is 40.9 Å². The van der Waals surface area contributed by atoms with Crippen LogP contribution in [0.4, 0.5) is 33.6 Å². The lowest BCUT2D eigenvalue weighted by molar-refractivity contribution is -0.118. The molecule has 0 spiro atoms. The Bertz CT molecular complexity index is 2350. The fourth-order valence-corrected chi connectivity index (χ4v) is 5.29. The van der Waals surface area contributed by atoms with Gasteiger partial charge in [0.1, 0.15) is 28.8 Å². The van der Waals surface area contributed by atoms with Crippen molar-refractivity contribution in [2.45, 2.75) is 25.7 Å². The van der Waals surface area contributed by atoms with E-state index in [-0.39, 0.29) is 80.3 Å². The number of carbonyl (C=O) groups is 2. The molecule has 0 atom stereocenters. The Labute approximate surface area is 298 Å². The summed E-state index contributed by atoms with van der Waals surface area (Å²) < 4.78 is 70.4. The van der Waals surface area contributed by atoms with Crippen LogP contribution in [0.15, 0.2) is 91.8 Å². The molecule has 0 unspecified atom stereocenters. The number of hydrogen-bond acceptors (Lipinski definition) is 8. The zero-order valence-electron chi connectivity index (χ0n) is 27.5. The highest BCUT2D eigenvalue weighted by atomic mass is 19.1. The van der Waals surface area contributed by atoms with Crippen LogP contribution in [0.1, 0.15) is 25.7 Å². The van der Waals surface area contributed by atoms with Crippen molar-refractivity contribution >= 4 is 23.5 Å². The third-order valence-electron chi connectivity index (χ3n) is 8.31. The second-order valence-electron chi connectivity index (χ2n) is 12.2. The van der Waals surface area contributed by atoms with Crippen molar-refractivity contribution in [3.63, 3.8) is 0 Å². The van der Waals surface area contributed by atoms with E-state index in [4.69, 9.17) is 0 Å². The monoisotopic (exact) mass is 722 g/mol. The molecular weight excluding hydrogens is 695 g/mol. The van der Waals surface area contributed by atoms with Crippen LogP contribution in [-0.4, -0.2) is 41.7 Å². The van der Waals surface area contributed by atoms with Crippen LogP contribution in [0.3, 0.4) is 0 Å². The van der Waals surface area contributed by atoms with Gasteiger partial charge in [-0.1, -0.05) is 12.1 Å². The lowest BCUT2D eigenvalue weighted by atomic mass is 10.0. The summed E-state index contributed by atoms with van der Waals surface area (Å²) in [7, 11) is 0. The van der Waals surface area contributed by atoms with Crippen LogP contribution in [0.5, 0.6) is 0 Å². The van der Waals surface area contributed by atoms with Gasteiger partial charge >= 0.3 is 0 Å². The number of nitrogens with one attached hydrogen (secondary N) is 2. The Morgan fingerprint density at radius 1 is 0.528 bits per heavy atom. The summed E-state index contributed by atoms with van der Waals surface area (Å²) in [6.45, 7) is 0. The molecule has 53 heavy (non-hydrogen) atoms. The lowest BCUT2D eigenvalue weighted by Gasteiger charge is -2.12. The van der Waals surface area contributed by atoms with Crippen molar-refractivity contribution in [1.82, 2.24) is 29.9 Å². The smallest absolute Gasteiger partial charge is 0.228 e. The van der Waals surface area contributed by atoms with Crippen molar-refractivity contribution in [1.29, 1.82) is 0 Å². The maximum atomic E-state index is 14.4. The summed E-state index contributed by atoms with van der Waals surface area (Å²) in [5, 5.41) is 5.31. The molecule has 0 saturated heterocycles. The molecule has 266 valence electrons. The van der Waals surface area contributed by atoms with E-state index in [1.165, 1.54) is 55.1 Å². The van der Waals surface area contributed by atoms with Crippen LogP contribution >= 0.6 is 0 Å². The highest BCUT2D eigenvalue weighted by Gasteiger charge is 2.31. The van der Waals surface area contributed by atoms with E-state index >= 15 is 0 Å². The van der Waals surface area contributed by atoms with Gasteiger partial charge in [-0.2, -0.15) is 0 Å². The Hall–Kier alpha value is -6.51. The Morgan fingerprint density at radius 3 is 1.45 bits per heavy atom. The van der Waals surface area contributed by atoms with E-state index < -0.39 is 29.1 Å². The molecule has 2 N–H and O–H groups in total. The number of halogens is 5. The minimum absolute atomic E-state index is 0.00815. The molecule has 2 aliphatic carbocycles. The summed E-state index contributed by atoms with van der Waals surface area (Å²) in [6.07, 6.45) is 10.8. The first-order valence-electron chi connectivity index (χ1n) is 16.4. The standard InChI is InChI=1S/C19H13F3N4O.C19H14F2N4O/c20-11-3-4-12(14(21)7-11)18-17(13-5-6-23-8-15(13)22)24-9-16(25-18)26-19(27)10-1-2-10;20-14-4-2-1-3-12(14)18-17(13-7-8-22-9-15(13)21)23-10-16(24-18)25-19(26)11-5-6-11/h3-10H,1-2H2,(H,25,26,27);1-4,7-11H,5-6H2,(H,24,25,26). The average Bonchev–Trinajstić information content (AvgIpc) is 4.07. The van der Waals surface area contributed by atoms with Gasteiger partial charge in [0.15, 0.2) is 23.3 Å². The molecule has 6 aromatic rings. The van der Waals surface area contributed by atoms with Crippen molar-refractivity contribution < 1.29 is 31.5 Å². The molecule has 4 heterocycles. The van der Waals surface area contributed by atoms with Gasteiger partial charge in [0.05, 0.1) is 36.2 Å². The van der Waals surface area contributed by atoms with E-state index in [0.717, 1.165) is 44.1 Å². The highest BCUT2D eigenvalue weighted by Crippen LogP contribution is 2.36. The largest absolute Gasteiger partial charge is 0.309 e. The van der Waals surface area contributed by atoms with Gasteiger partial charge in [-0.05, 0) is 62.1 Å².